The van der Waals surface area contributed by atoms with Crippen LogP contribution in [0.1, 0.15) is 11.4 Å². The van der Waals surface area contributed by atoms with E-state index in [9.17, 15) is 0 Å². The topological polar surface area (TPSA) is 39.4 Å². The summed E-state index contributed by atoms with van der Waals surface area (Å²) in [4.78, 5) is 0. The number of hydrogen-bond donors (Lipinski definition) is 0. The molecule has 2 heterocycles. The van der Waals surface area contributed by atoms with Crippen LogP contribution in [0.2, 0.25) is 0 Å². The summed E-state index contributed by atoms with van der Waals surface area (Å²) in [7, 11) is 1.64. The van der Waals surface area contributed by atoms with Crippen molar-refractivity contribution in [3.05, 3.63) is 58.5 Å². The fourth-order valence-corrected chi connectivity index (χ4v) is 2.50. The van der Waals surface area contributed by atoms with E-state index >= 15 is 0 Å². The van der Waals surface area contributed by atoms with E-state index in [0.717, 1.165) is 28.1 Å². The van der Waals surface area contributed by atoms with Crippen molar-refractivity contribution in [2.75, 3.05) is 7.11 Å². The van der Waals surface area contributed by atoms with Gasteiger partial charge in [-0.1, -0.05) is 28.1 Å². The molecule has 3 rings (SSSR count). The first-order valence-corrected chi connectivity index (χ1v) is 6.68. The molecule has 0 bridgehead atoms. The van der Waals surface area contributed by atoms with Gasteiger partial charge in [0.2, 0.25) is 5.65 Å². The molecule has 2 aromatic heterocycles. The maximum absolute atomic E-state index is 5.28. The number of benzene rings is 1. The van der Waals surface area contributed by atoms with Gasteiger partial charge in [0.05, 0.1) is 7.11 Å². The molecule has 0 saturated heterocycles. The zero-order valence-electron chi connectivity index (χ0n) is 10.4. The molecule has 0 fully saturated rings. The van der Waals surface area contributed by atoms with Gasteiger partial charge in [0, 0.05) is 17.1 Å². The molecule has 1 aromatic carbocycles. The molecule has 0 aliphatic carbocycles. The normalized spacial score (nSPS) is 10.8. The summed E-state index contributed by atoms with van der Waals surface area (Å²) in [6.07, 6.45) is 2.68. The number of hydrogen-bond acceptors (Lipinski definition) is 3. The lowest BCUT2D eigenvalue weighted by Gasteiger charge is -2.03. The highest BCUT2D eigenvalue weighted by atomic mass is 79.9. The molecular formula is C14H12BrN3O. The molecule has 0 N–H and O–H groups in total. The van der Waals surface area contributed by atoms with Crippen LogP contribution < -0.4 is 4.74 Å². The maximum atomic E-state index is 5.28. The third-order valence-corrected chi connectivity index (χ3v) is 3.43. The van der Waals surface area contributed by atoms with Crippen molar-refractivity contribution in [1.82, 2.24) is 14.6 Å². The zero-order chi connectivity index (χ0) is 13.2. The second kappa shape index (κ2) is 5.01. The predicted octanol–water partition coefficient (Wildman–Crippen LogP) is 3.09. The second-order valence-corrected chi connectivity index (χ2v) is 5.11. The minimum absolute atomic E-state index is 0.730. The molecule has 5 heteroatoms. The minimum Gasteiger partial charge on any atom is -0.493 e. The number of pyridine rings is 1. The van der Waals surface area contributed by atoms with Crippen molar-refractivity contribution >= 4 is 21.6 Å². The molecule has 96 valence electrons. The van der Waals surface area contributed by atoms with E-state index in [1.165, 1.54) is 5.56 Å². The summed E-state index contributed by atoms with van der Waals surface area (Å²) in [5, 5.41) is 8.43. The van der Waals surface area contributed by atoms with Crippen molar-refractivity contribution in [1.29, 1.82) is 0 Å². The summed E-state index contributed by atoms with van der Waals surface area (Å²) >= 11 is 3.48. The lowest BCUT2D eigenvalue weighted by molar-refractivity contribution is 0.416. The molecule has 0 aliphatic rings. The third-order valence-electron chi connectivity index (χ3n) is 2.94. The van der Waals surface area contributed by atoms with Crippen molar-refractivity contribution in [2.24, 2.45) is 0 Å². The van der Waals surface area contributed by atoms with Crippen molar-refractivity contribution in [3.63, 3.8) is 0 Å². The Kier molecular flexibility index (Phi) is 3.21. The molecule has 0 spiro atoms. The highest BCUT2D eigenvalue weighted by Crippen LogP contribution is 2.20. The van der Waals surface area contributed by atoms with Crippen LogP contribution in [0.3, 0.4) is 0 Å². The molecule has 0 aliphatic heterocycles. The Morgan fingerprint density at radius 1 is 1.21 bits per heavy atom. The minimum atomic E-state index is 0.730. The summed E-state index contributed by atoms with van der Waals surface area (Å²) in [5.74, 6) is 1.63. The zero-order valence-corrected chi connectivity index (χ0v) is 12.0. The molecule has 0 radical (unpaired) electrons. The third kappa shape index (κ3) is 2.33. The first-order chi connectivity index (χ1) is 9.28. The highest BCUT2D eigenvalue weighted by molar-refractivity contribution is 9.10. The summed E-state index contributed by atoms with van der Waals surface area (Å²) in [6, 6.07) is 12.0. The van der Waals surface area contributed by atoms with E-state index in [2.05, 4.69) is 38.3 Å². The fourth-order valence-electron chi connectivity index (χ4n) is 2.05. The summed E-state index contributed by atoms with van der Waals surface area (Å²) in [6.45, 7) is 0. The molecule has 0 unspecified atom stereocenters. The first-order valence-electron chi connectivity index (χ1n) is 5.89. The van der Waals surface area contributed by atoms with Crippen LogP contribution in [-0.4, -0.2) is 21.7 Å². The number of nitrogens with zero attached hydrogens (tertiary/aromatic N) is 3. The Morgan fingerprint density at radius 3 is 2.89 bits per heavy atom. The fraction of sp³-hybridized carbons (Fsp3) is 0.143. The van der Waals surface area contributed by atoms with Gasteiger partial charge in [0.15, 0.2) is 5.75 Å². The van der Waals surface area contributed by atoms with Gasteiger partial charge in [-0.2, -0.15) is 0 Å². The second-order valence-electron chi connectivity index (χ2n) is 4.19. The van der Waals surface area contributed by atoms with Gasteiger partial charge >= 0.3 is 0 Å². The van der Waals surface area contributed by atoms with E-state index in [0.29, 0.717) is 0 Å². The number of aromatic nitrogens is 3. The van der Waals surface area contributed by atoms with Gasteiger partial charge in [-0.15, -0.1) is 10.2 Å². The largest absolute Gasteiger partial charge is 0.493 e. The maximum Gasteiger partial charge on any atom is 0.203 e. The summed E-state index contributed by atoms with van der Waals surface area (Å²) in [5.41, 5.74) is 1.93. The van der Waals surface area contributed by atoms with Crippen LogP contribution in [0.25, 0.3) is 5.65 Å². The van der Waals surface area contributed by atoms with E-state index in [1.807, 2.05) is 34.9 Å². The van der Waals surface area contributed by atoms with Crippen molar-refractivity contribution in [3.8, 4) is 5.75 Å². The lowest BCUT2D eigenvalue weighted by atomic mass is 10.1. The lowest BCUT2D eigenvalue weighted by Crippen LogP contribution is -1.97. The number of halogens is 1. The van der Waals surface area contributed by atoms with Crippen LogP contribution >= 0.6 is 15.9 Å². The van der Waals surface area contributed by atoms with E-state index in [1.54, 1.807) is 7.11 Å². The van der Waals surface area contributed by atoms with Gasteiger partial charge in [-0.05, 0) is 29.8 Å². The molecule has 0 saturated carbocycles. The van der Waals surface area contributed by atoms with Gasteiger partial charge in [0.1, 0.15) is 5.82 Å². The Morgan fingerprint density at radius 2 is 2.11 bits per heavy atom. The van der Waals surface area contributed by atoms with Crippen LogP contribution in [0.5, 0.6) is 5.75 Å². The standard InChI is InChI=1S/C14H12BrN3O/c1-19-12-6-3-7-18-13(16-17-14(12)18)9-10-4-2-5-11(15)8-10/h2-8H,9H2,1H3. The molecular weight excluding hydrogens is 306 g/mol. The van der Waals surface area contributed by atoms with Gasteiger partial charge < -0.3 is 4.74 Å². The Hall–Kier alpha value is -1.88. The Bertz CT molecular complexity index is 724. The summed E-state index contributed by atoms with van der Waals surface area (Å²) < 4.78 is 8.30. The average molecular weight is 318 g/mol. The van der Waals surface area contributed by atoms with Crippen LogP contribution in [0.15, 0.2) is 47.1 Å². The van der Waals surface area contributed by atoms with Crippen LogP contribution in [-0.2, 0) is 6.42 Å². The molecule has 0 amide bonds. The molecule has 0 atom stereocenters. The van der Waals surface area contributed by atoms with Crippen molar-refractivity contribution in [2.45, 2.75) is 6.42 Å². The van der Waals surface area contributed by atoms with E-state index < -0.39 is 0 Å². The molecule has 19 heavy (non-hydrogen) atoms. The Balaban J connectivity index is 2.02. The number of rotatable bonds is 3. The molecule has 4 nitrogen and oxygen atoms in total. The molecule has 3 aromatic rings. The van der Waals surface area contributed by atoms with Crippen LogP contribution in [0, 0.1) is 0 Å². The monoisotopic (exact) mass is 317 g/mol. The number of methoxy groups -OCH3 is 1. The van der Waals surface area contributed by atoms with Gasteiger partial charge in [0.25, 0.3) is 0 Å². The van der Waals surface area contributed by atoms with Gasteiger partial charge in [-0.3, -0.25) is 4.40 Å². The quantitative estimate of drug-likeness (QED) is 0.745. The number of fused-ring (bicyclic) bond motifs is 1. The van der Waals surface area contributed by atoms with E-state index in [-0.39, 0.29) is 0 Å². The van der Waals surface area contributed by atoms with Crippen molar-refractivity contribution < 1.29 is 4.74 Å². The van der Waals surface area contributed by atoms with Gasteiger partial charge in [-0.25, -0.2) is 0 Å². The first kappa shape index (κ1) is 12.2. The Labute approximate surface area is 119 Å². The number of ether oxygens (including phenoxy) is 1. The van der Waals surface area contributed by atoms with E-state index in [4.69, 9.17) is 4.74 Å². The average Bonchev–Trinajstić information content (AvgIpc) is 2.82. The highest BCUT2D eigenvalue weighted by Gasteiger charge is 2.09. The smallest absolute Gasteiger partial charge is 0.203 e. The van der Waals surface area contributed by atoms with Crippen LogP contribution in [0.4, 0.5) is 0 Å². The SMILES string of the molecule is COc1cccn2c(Cc3cccc(Br)c3)nnc12. The predicted molar refractivity (Wildman–Crippen MR) is 76.5 cm³/mol.